The minimum absolute atomic E-state index is 0.0489. The Labute approximate surface area is 167 Å². The maximum Gasteiger partial charge on any atom is 0.323 e. The zero-order valence-electron chi connectivity index (χ0n) is 14.3. The zero-order chi connectivity index (χ0) is 19.2. The van der Waals surface area contributed by atoms with E-state index in [9.17, 15) is 9.59 Å². The van der Waals surface area contributed by atoms with Gasteiger partial charge in [0.15, 0.2) is 0 Å². The van der Waals surface area contributed by atoms with E-state index in [1.165, 1.54) is 0 Å². The quantitative estimate of drug-likeness (QED) is 0.587. The van der Waals surface area contributed by atoms with E-state index in [0.29, 0.717) is 4.91 Å². The number of carbonyl (C=O) groups excluding carboxylic acids is 1. The number of carboxylic acid groups (broad SMARTS) is 1. The van der Waals surface area contributed by atoms with Crippen molar-refractivity contribution in [2.75, 3.05) is 6.54 Å². The molecule has 27 heavy (non-hydrogen) atoms. The number of benzene rings is 2. The van der Waals surface area contributed by atoms with Gasteiger partial charge in [0.1, 0.15) is 10.9 Å². The molecule has 136 valence electrons. The van der Waals surface area contributed by atoms with Gasteiger partial charge in [0, 0.05) is 5.92 Å². The molecule has 0 bridgehead atoms. The van der Waals surface area contributed by atoms with Gasteiger partial charge in [-0.15, -0.1) is 0 Å². The molecule has 0 radical (unpaired) electrons. The second kappa shape index (κ2) is 8.79. The normalized spacial score (nSPS) is 16.0. The Morgan fingerprint density at radius 2 is 1.63 bits per heavy atom. The maximum atomic E-state index is 12.3. The van der Waals surface area contributed by atoms with Gasteiger partial charge in [-0.3, -0.25) is 14.5 Å². The molecule has 1 amide bonds. The van der Waals surface area contributed by atoms with Gasteiger partial charge in [0.05, 0.1) is 4.91 Å². The largest absolute Gasteiger partial charge is 0.480 e. The van der Waals surface area contributed by atoms with Crippen molar-refractivity contribution >= 4 is 40.2 Å². The van der Waals surface area contributed by atoms with Crippen LogP contribution in [-0.4, -0.2) is 32.7 Å². The average molecular weight is 396 g/mol. The van der Waals surface area contributed by atoms with Gasteiger partial charge in [-0.05, 0) is 17.2 Å². The molecular formula is C21H17NO3S2. The van der Waals surface area contributed by atoms with Crippen LogP contribution >= 0.6 is 24.0 Å². The highest BCUT2D eigenvalue weighted by atomic mass is 32.2. The number of amides is 1. The Hall–Kier alpha value is -2.70. The van der Waals surface area contributed by atoms with Gasteiger partial charge in [-0.2, -0.15) is 0 Å². The molecule has 0 unspecified atom stereocenters. The van der Waals surface area contributed by atoms with Gasteiger partial charge in [-0.25, -0.2) is 0 Å². The predicted octanol–water partition coefficient (Wildman–Crippen LogP) is 4.20. The molecule has 0 spiro atoms. The van der Waals surface area contributed by atoms with Crippen LogP contribution in [0.15, 0.2) is 83.8 Å². The maximum absolute atomic E-state index is 12.3. The number of carboxylic acids is 1. The molecule has 1 heterocycles. The number of nitrogens with zero attached hydrogens (tertiary/aromatic N) is 1. The summed E-state index contributed by atoms with van der Waals surface area (Å²) in [5.41, 5.74) is 2.29. The number of hydrogen-bond donors (Lipinski definition) is 1. The van der Waals surface area contributed by atoms with E-state index in [-0.39, 0.29) is 16.1 Å². The van der Waals surface area contributed by atoms with Gasteiger partial charge in [-0.1, -0.05) is 96.8 Å². The minimum Gasteiger partial charge on any atom is -0.480 e. The van der Waals surface area contributed by atoms with Crippen LogP contribution in [0, 0.1) is 0 Å². The molecule has 1 N–H and O–H groups in total. The van der Waals surface area contributed by atoms with Crippen LogP contribution in [-0.2, 0) is 9.59 Å². The molecule has 2 aromatic carbocycles. The number of allylic oxidation sites excluding steroid dienone is 3. The van der Waals surface area contributed by atoms with Crippen LogP contribution in [0.25, 0.3) is 0 Å². The first kappa shape index (κ1) is 19.1. The second-order valence-corrected chi connectivity index (χ2v) is 7.54. The average Bonchev–Trinajstić information content (AvgIpc) is 2.94. The van der Waals surface area contributed by atoms with Crippen molar-refractivity contribution in [1.82, 2.24) is 4.90 Å². The zero-order valence-corrected chi connectivity index (χ0v) is 16.0. The van der Waals surface area contributed by atoms with E-state index in [0.717, 1.165) is 27.8 Å². The van der Waals surface area contributed by atoms with E-state index >= 15 is 0 Å². The first-order valence-corrected chi connectivity index (χ1v) is 9.52. The molecule has 6 heteroatoms. The Morgan fingerprint density at radius 1 is 1.07 bits per heavy atom. The monoisotopic (exact) mass is 395 g/mol. The third-order valence-corrected chi connectivity index (χ3v) is 5.43. The smallest absolute Gasteiger partial charge is 0.323 e. The fourth-order valence-corrected chi connectivity index (χ4v) is 3.98. The summed E-state index contributed by atoms with van der Waals surface area (Å²) in [7, 11) is 0. The lowest BCUT2D eigenvalue weighted by molar-refractivity contribution is -0.140. The summed E-state index contributed by atoms with van der Waals surface area (Å²) in [6.45, 7) is -0.414. The number of carbonyl (C=O) groups is 2. The van der Waals surface area contributed by atoms with Crippen molar-refractivity contribution in [3.8, 4) is 0 Å². The molecule has 1 fully saturated rings. The third-order valence-electron chi connectivity index (χ3n) is 4.04. The molecule has 2 aromatic rings. The van der Waals surface area contributed by atoms with Gasteiger partial charge in [0.2, 0.25) is 0 Å². The first-order chi connectivity index (χ1) is 13.1. The SMILES string of the molecule is O=C(O)CN1C(=O)C(=CC=CC(c2ccccc2)c2ccccc2)SC1=S. The van der Waals surface area contributed by atoms with E-state index < -0.39 is 12.5 Å². The molecule has 0 aromatic heterocycles. The first-order valence-electron chi connectivity index (χ1n) is 8.30. The lowest BCUT2D eigenvalue weighted by Crippen LogP contribution is -2.33. The highest BCUT2D eigenvalue weighted by molar-refractivity contribution is 8.26. The summed E-state index contributed by atoms with van der Waals surface area (Å²) in [4.78, 5) is 24.7. The number of aliphatic carboxylic acids is 1. The van der Waals surface area contributed by atoms with Crippen LogP contribution in [0.2, 0.25) is 0 Å². The van der Waals surface area contributed by atoms with Gasteiger partial charge < -0.3 is 5.11 Å². The lowest BCUT2D eigenvalue weighted by Gasteiger charge is -2.13. The molecule has 1 saturated heterocycles. The molecule has 1 aliphatic heterocycles. The topological polar surface area (TPSA) is 57.6 Å². The van der Waals surface area contributed by atoms with E-state index in [1.54, 1.807) is 6.08 Å². The number of rotatable bonds is 6. The predicted molar refractivity (Wildman–Crippen MR) is 111 cm³/mol. The molecule has 0 aliphatic carbocycles. The van der Waals surface area contributed by atoms with Crippen LogP contribution in [0.1, 0.15) is 17.0 Å². The van der Waals surface area contributed by atoms with Crippen molar-refractivity contribution < 1.29 is 14.7 Å². The van der Waals surface area contributed by atoms with Gasteiger partial charge >= 0.3 is 5.97 Å². The van der Waals surface area contributed by atoms with Crippen LogP contribution in [0.5, 0.6) is 0 Å². The van der Waals surface area contributed by atoms with E-state index in [4.69, 9.17) is 17.3 Å². The van der Waals surface area contributed by atoms with Crippen LogP contribution < -0.4 is 0 Å². The summed E-state index contributed by atoms with van der Waals surface area (Å²) in [5, 5.41) is 8.90. The standard InChI is InChI=1S/C21H17NO3S2/c23-19(24)14-22-20(25)18(27-21(22)26)13-7-12-17(15-8-3-1-4-9-15)16-10-5-2-6-11-16/h1-13,17H,14H2,(H,23,24). The Bertz CT molecular complexity index is 868. The summed E-state index contributed by atoms with van der Waals surface area (Å²) < 4.78 is 0.268. The number of hydrogen-bond acceptors (Lipinski definition) is 4. The molecule has 3 rings (SSSR count). The van der Waals surface area contributed by atoms with E-state index in [2.05, 4.69) is 24.3 Å². The van der Waals surface area contributed by atoms with E-state index in [1.807, 2.05) is 48.6 Å². The summed E-state index contributed by atoms with van der Waals surface area (Å²) in [6, 6.07) is 20.2. The Balaban J connectivity index is 1.83. The van der Waals surface area contributed by atoms with Crippen molar-refractivity contribution in [3.63, 3.8) is 0 Å². The van der Waals surface area contributed by atoms with Crippen molar-refractivity contribution in [2.24, 2.45) is 0 Å². The lowest BCUT2D eigenvalue weighted by atomic mass is 9.91. The molecule has 0 saturated carbocycles. The Kier molecular flexibility index (Phi) is 6.21. The summed E-state index contributed by atoms with van der Waals surface area (Å²) in [5.74, 6) is -1.41. The summed E-state index contributed by atoms with van der Waals surface area (Å²) >= 11 is 6.23. The van der Waals surface area contributed by atoms with Crippen LogP contribution in [0.3, 0.4) is 0 Å². The van der Waals surface area contributed by atoms with Crippen molar-refractivity contribution in [2.45, 2.75) is 5.92 Å². The molecular weight excluding hydrogens is 378 g/mol. The van der Waals surface area contributed by atoms with Crippen molar-refractivity contribution in [3.05, 3.63) is 94.9 Å². The minimum atomic E-state index is -1.09. The fourth-order valence-electron chi connectivity index (χ4n) is 2.78. The number of thiocarbonyl (C=S) groups is 1. The van der Waals surface area contributed by atoms with Gasteiger partial charge in [0.25, 0.3) is 5.91 Å². The molecule has 0 atom stereocenters. The second-order valence-electron chi connectivity index (χ2n) is 5.87. The molecule has 4 nitrogen and oxygen atoms in total. The third kappa shape index (κ3) is 4.72. The number of thioether (sulfide) groups is 1. The highest BCUT2D eigenvalue weighted by Gasteiger charge is 2.32. The Morgan fingerprint density at radius 3 is 2.15 bits per heavy atom. The fraction of sp³-hybridized carbons (Fsp3) is 0.0952. The van der Waals surface area contributed by atoms with Crippen LogP contribution in [0.4, 0.5) is 0 Å². The van der Waals surface area contributed by atoms with Crippen molar-refractivity contribution in [1.29, 1.82) is 0 Å². The molecule has 1 aliphatic rings. The highest BCUT2D eigenvalue weighted by Crippen LogP contribution is 2.31. The summed E-state index contributed by atoms with van der Waals surface area (Å²) in [6.07, 6.45) is 5.55.